The molecule has 0 unspecified atom stereocenters. The van der Waals surface area contributed by atoms with Crippen LogP contribution in [0.25, 0.3) is 10.9 Å². The molecule has 0 aliphatic carbocycles. The van der Waals surface area contributed by atoms with Gasteiger partial charge < -0.3 is 23.6 Å². The van der Waals surface area contributed by atoms with Crippen molar-refractivity contribution in [2.75, 3.05) is 21.3 Å². The number of methoxy groups -OCH3 is 3. The molecule has 3 aromatic rings. The van der Waals surface area contributed by atoms with E-state index in [0.29, 0.717) is 28.5 Å². The van der Waals surface area contributed by atoms with Crippen LogP contribution in [0.5, 0.6) is 17.2 Å². The highest BCUT2D eigenvalue weighted by Gasteiger charge is 2.18. The Balaban J connectivity index is 2.18. The van der Waals surface area contributed by atoms with Gasteiger partial charge in [0.15, 0.2) is 11.5 Å². The Morgan fingerprint density at radius 2 is 1.66 bits per heavy atom. The Labute approximate surface area is 169 Å². The van der Waals surface area contributed by atoms with Crippen LogP contribution in [0.1, 0.15) is 25.0 Å². The summed E-state index contributed by atoms with van der Waals surface area (Å²) in [7, 11) is 4.63. The van der Waals surface area contributed by atoms with Crippen LogP contribution in [0, 0.1) is 0 Å². The zero-order chi connectivity index (χ0) is 21.0. The summed E-state index contributed by atoms with van der Waals surface area (Å²) in [5, 5.41) is 5.17. The Bertz CT molecular complexity index is 1040. The van der Waals surface area contributed by atoms with Gasteiger partial charge in [-0.05, 0) is 37.3 Å². The molecular weight excluding hydrogens is 372 g/mol. The first kappa shape index (κ1) is 20.3. The molecule has 7 heteroatoms. The van der Waals surface area contributed by atoms with E-state index in [9.17, 15) is 4.79 Å². The van der Waals surface area contributed by atoms with Gasteiger partial charge in [-0.1, -0.05) is 11.2 Å². The lowest BCUT2D eigenvalue weighted by atomic mass is 10.00. The first-order valence-electron chi connectivity index (χ1n) is 9.17. The maximum absolute atomic E-state index is 11.4. The van der Waals surface area contributed by atoms with Crippen LogP contribution < -0.4 is 14.2 Å². The lowest BCUT2D eigenvalue weighted by Gasteiger charge is -2.15. The van der Waals surface area contributed by atoms with Crippen molar-refractivity contribution in [1.82, 2.24) is 4.57 Å². The highest BCUT2D eigenvalue weighted by molar-refractivity contribution is 6.14. The van der Waals surface area contributed by atoms with Crippen molar-refractivity contribution in [3.63, 3.8) is 0 Å². The van der Waals surface area contributed by atoms with Crippen molar-refractivity contribution >= 4 is 22.6 Å². The molecule has 0 N–H and O–H groups in total. The maximum atomic E-state index is 11.4. The molecule has 0 spiro atoms. The molecule has 0 amide bonds. The van der Waals surface area contributed by atoms with Crippen molar-refractivity contribution in [1.29, 1.82) is 0 Å². The molecule has 0 aliphatic heterocycles. The van der Waals surface area contributed by atoms with Gasteiger partial charge in [-0.2, -0.15) is 0 Å². The van der Waals surface area contributed by atoms with E-state index in [1.54, 1.807) is 33.5 Å². The zero-order valence-electron chi connectivity index (χ0n) is 17.2. The van der Waals surface area contributed by atoms with Crippen molar-refractivity contribution in [2.24, 2.45) is 5.16 Å². The number of nitrogens with zero attached hydrogens (tertiary/aromatic N) is 2. The third kappa shape index (κ3) is 4.03. The topological polar surface area (TPSA) is 71.3 Å². The predicted octanol–water partition coefficient (Wildman–Crippen LogP) is 4.00. The van der Waals surface area contributed by atoms with Crippen molar-refractivity contribution < 1.29 is 23.8 Å². The molecule has 3 rings (SSSR count). The van der Waals surface area contributed by atoms with Gasteiger partial charge in [0.1, 0.15) is 5.71 Å². The van der Waals surface area contributed by atoms with E-state index >= 15 is 0 Å². The van der Waals surface area contributed by atoms with E-state index in [1.807, 2.05) is 30.5 Å². The van der Waals surface area contributed by atoms with Gasteiger partial charge in [0.25, 0.3) is 0 Å². The summed E-state index contributed by atoms with van der Waals surface area (Å²) < 4.78 is 18.4. The van der Waals surface area contributed by atoms with Crippen LogP contribution in [0.2, 0.25) is 0 Å². The number of ether oxygens (including phenoxy) is 3. The van der Waals surface area contributed by atoms with Crippen LogP contribution in [-0.4, -0.2) is 37.6 Å². The summed E-state index contributed by atoms with van der Waals surface area (Å²) in [4.78, 5) is 16.4. The monoisotopic (exact) mass is 396 g/mol. The number of aromatic nitrogens is 1. The highest BCUT2D eigenvalue weighted by atomic mass is 16.7. The van der Waals surface area contributed by atoms with Gasteiger partial charge in [0.05, 0.1) is 21.3 Å². The van der Waals surface area contributed by atoms with E-state index in [-0.39, 0.29) is 0 Å². The first-order valence-corrected chi connectivity index (χ1v) is 9.17. The molecule has 0 saturated heterocycles. The molecular formula is C22H24N2O5. The summed E-state index contributed by atoms with van der Waals surface area (Å²) >= 11 is 0. The fourth-order valence-electron chi connectivity index (χ4n) is 3.22. The Morgan fingerprint density at radius 3 is 2.21 bits per heavy atom. The molecule has 0 aliphatic rings. The molecule has 1 heterocycles. The summed E-state index contributed by atoms with van der Waals surface area (Å²) in [6, 6.07) is 11.6. The zero-order valence-corrected chi connectivity index (χ0v) is 17.2. The Morgan fingerprint density at radius 1 is 0.966 bits per heavy atom. The number of benzene rings is 2. The van der Waals surface area contributed by atoms with E-state index < -0.39 is 5.97 Å². The van der Waals surface area contributed by atoms with Gasteiger partial charge in [-0.3, -0.25) is 0 Å². The standard InChI is InChI=1S/C22H24N2O5/c1-6-24-10-9-15-11-16(7-8-18(15)24)21(23-29-14(2)25)17-12-19(26-3)22(28-5)20(13-17)27-4/h7-13H,6H2,1-5H3/b23-21-. The normalized spacial score (nSPS) is 11.4. The summed E-state index contributed by atoms with van der Waals surface area (Å²) in [5.74, 6) is 0.931. The second-order valence-electron chi connectivity index (χ2n) is 6.31. The van der Waals surface area contributed by atoms with Gasteiger partial charge >= 0.3 is 5.97 Å². The van der Waals surface area contributed by atoms with Crippen molar-refractivity contribution in [3.05, 3.63) is 53.7 Å². The van der Waals surface area contributed by atoms with Crippen LogP contribution in [0.4, 0.5) is 0 Å². The Kier molecular flexibility index (Phi) is 6.07. The van der Waals surface area contributed by atoms with Crippen LogP contribution >= 0.6 is 0 Å². The molecule has 7 nitrogen and oxygen atoms in total. The van der Waals surface area contributed by atoms with Gasteiger partial charge in [-0.25, -0.2) is 4.79 Å². The van der Waals surface area contributed by atoms with Crippen LogP contribution in [-0.2, 0) is 16.2 Å². The van der Waals surface area contributed by atoms with Gasteiger partial charge in [0.2, 0.25) is 5.75 Å². The second-order valence-corrected chi connectivity index (χ2v) is 6.31. The fraction of sp³-hybridized carbons (Fsp3) is 0.273. The van der Waals surface area contributed by atoms with E-state index in [0.717, 1.165) is 23.0 Å². The molecule has 0 radical (unpaired) electrons. The number of rotatable bonds is 7. The largest absolute Gasteiger partial charge is 0.493 e. The summed E-state index contributed by atoms with van der Waals surface area (Å²) in [6.45, 7) is 4.28. The van der Waals surface area contributed by atoms with E-state index in [1.165, 1.54) is 6.92 Å². The average molecular weight is 396 g/mol. The Hall–Kier alpha value is -3.48. The lowest BCUT2D eigenvalue weighted by molar-refractivity contribution is -0.140. The van der Waals surface area contributed by atoms with Gasteiger partial charge in [-0.15, -0.1) is 0 Å². The summed E-state index contributed by atoms with van der Waals surface area (Å²) in [5.41, 5.74) is 3.05. The quantitative estimate of drug-likeness (QED) is 0.343. The molecule has 2 aromatic carbocycles. The number of hydrogen-bond acceptors (Lipinski definition) is 6. The number of hydrogen-bond donors (Lipinski definition) is 0. The number of fused-ring (bicyclic) bond motifs is 1. The number of carbonyl (C=O) groups is 1. The number of carbonyl (C=O) groups excluding carboxylic acids is 1. The molecule has 152 valence electrons. The molecule has 29 heavy (non-hydrogen) atoms. The van der Waals surface area contributed by atoms with E-state index in [4.69, 9.17) is 19.0 Å². The smallest absolute Gasteiger partial charge is 0.332 e. The molecule has 0 bridgehead atoms. The first-order chi connectivity index (χ1) is 14.0. The van der Waals surface area contributed by atoms with Crippen molar-refractivity contribution in [3.8, 4) is 17.2 Å². The minimum absolute atomic E-state index is 0.473. The number of oxime groups is 1. The summed E-state index contributed by atoms with van der Waals surface area (Å²) in [6.07, 6.45) is 2.04. The van der Waals surface area contributed by atoms with Crippen molar-refractivity contribution in [2.45, 2.75) is 20.4 Å². The molecule has 1 aromatic heterocycles. The highest BCUT2D eigenvalue weighted by Crippen LogP contribution is 2.39. The SMILES string of the molecule is CCn1ccc2cc(/C(=N/OC(C)=O)c3cc(OC)c(OC)c(OC)c3)ccc21. The van der Waals surface area contributed by atoms with E-state index in [2.05, 4.69) is 16.6 Å². The second kappa shape index (κ2) is 8.68. The average Bonchev–Trinajstić information content (AvgIpc) is 3.15. The number of aryl methyl sites for hydroxylation is 1. The fourth-order valence-corrected chi connectivity index (χ4v) is 3.22. The molecule has 0 fully saturated rings. The minimum atomic E-state index is -0.506. The third-order valence-electron chi connectivity index (χ3n) is 4.59. The van der Waals surface area contributed by atoms with Gasteiger partial charge in [0, 0.05) is 41.7 Å². The third-order valence-corrected chi connectivity index (χ3v) is 4.59. The lowest BCUT2D eigenvalue weighted by Crippen LogP contribution is -2.08. The maximum Gasteiger partial charge on any atom is 0.332 e. The molecule has 0 saturated carbocycles. The molecule has 0 atom stereocenters. The van der Waals surface area contributed by atoms with Crippen LogP contribution in [0.3, 0.4) is 0 Å². The van der Waals surface area contributed by atoms with Crippen LogP contribution in [0.15, 0.2) is 47.8 Å². The predicted molar refractivity (Wildman–Crippen MR) is 111 cm³/mol. The minimum Gasteiger partial charge on any atom is -0.493 e.